The summed E-state index contributed by atoms with van der Waals surface area (Å²) >= 11 is 0. The van der Waals surface area contributed by atoms with Crippen molar-refractivity contribution in [2.75, 3.05) is 20.1 Å². The van der Waals surface area contributed by atoms with E-state index in [0.29, 0.717) is 23.4 Å². The van der Waals surface area contributed by atoms with Crippen LogP contribution in [-0.2, 0) is 32.3 Å². The van der Waals surface area contributed by atoms with E-state index in [1.807, 2.05) is 6.07 Å². The van der Waals surface area contributed by atoms with Crippen LogP contribution in [0, 0.1) is 23.7 Å². The van der Waals surface area contributed by atoms with Crippen LogP contribution in [0.15, 0.2) is 42.5 Å². The number of likely N-dealkylation sites (tertiary alicyclic amines) is 1. The molecule has 3 fully saturated rings. The first-order valence-corrected chi connectivity index (χ1v) is 14.7. The number of nitrogens with zero attached hydrogens (tertiary/aromatic N) is 2. The number of carbonyl (C=O) groups is 2. The first kappa shape index (κ1) is 27.3. The lowest BCUT2D eigenvalue weighted by Gasteiger charge is -2.60. The van der Waals surface area contributed by atoms with Crippen LogP contribution in [0.25, 0.3) is 0 Å². The summed E-state index contributed by atoms with van der Waals surface area (Å²) in [6.45, 7) is 3.32. The number of benzene rings is 2. The monoisotopic (exact) mass is 578 g/mol. The summed E-state index contributed by atoms with van der Waals surface area (Å²) in [5.41, 5.74) is 2.08. The molecule has 3 aliphatic carbocycles. The van der Waals surface area contributed by atoms with Gasteiger partial charge in [0.2, 0.25) is 0 Å². The van der Waals surface area contributed by atoms with Gasteiger partial charge in [0.25, 0.3) is 5.91 Å². The highest BCUT2D eigenvalue weighted by molar-refractivity contribution is 5.94. The second kappa shape index (κ2) is 9.77. The molecule has 6 nitrogen and oxygen atoms in total. The van der Waals surface area contributed by atoms with Crippen LogP contribution < -0.4 is 4.74 Å². The Morgan fingerprint density at radius 3 is 2.69 bits per heavy atom. The number of likely N-dealkylation sites (N-methyl/N-ethyl adjacent to an activating group) is 1. The molecule has 2 bridgehead atoms. The Morgan fingerprint density at radius 2 is 1.95 bits per heavy atom. The predicted octanol–water partition coefficient (Wildman–Crippen LogP) is 4.57. The van der Waals surface area contributed by atoms with Crippen molar-refractivity contribution in [3.8, 4) is 17.6 Å². The van der Waals surface area contributed by atoms with Crippen molar-refractivity contribution >= 4 is 11.9 Å². The quantitative estimate of drug-likeness (QED) is 0.393. The molecule has 2 unspecified atom stereocenters. The van der Waals surface area contributed by atoms with E-state index in [0.717, 1.165) is 63.1 Å². The van der Waals surface area contributed by atoms with Crippen LogP contribution in [0.2, 0.25) is 0 Å². The average molecular weight is 579 g/mol. The highest BCUT2D eigenvalue weighted by atomic mass is 19.4. The Bertz CT molecular complexity index is 1500. The fourth-order valence-electron chi connectivity index (χ4n) is 8.37. The maximum Gasteiger partial charge on any atom is 0.416 e. The molecule has 220 valence electrons. The molecular formula is C33H33F3N2O4. The molecule has 2 aromatic carbocycles. The molecule has 1 spiro atoms. The van der Waals surface area contributed by atoms with Gasteiger partial charge in [-0.3, -0.25) is 14.5 Å². The molecule has 42 heavy (non-hydrogen) atoms. The molecular weight excluding hydrogens is 545 g/mol. The lowest BCUT2D eigenvalue weighted by molar-refractivity contribution is -0.143. The zero-order chi connectivity index (χ0) is 29.4. The van der Waals surface area contributed by atoms with Gasteiger partial charge in [-0.1, -0.05) is 18.1 Å². The van der Waals surface area contributed by atoms with Gasteiger partial charge in [0.05, 0.1) is 11.6 Å². The van der Waals surface area contributed by atoms with E-state index in [1.54, 1.807) is 11.9 Å². The van der Waals surface area contributed by atoms with Gasteiger partial charge in [0.1, 0.15) is 18.0 Å². The summed E-state index contributed by atoms with van der Waals surface area (Å²) in [6.07, 6.45) is -0.00414. The first-order chi connectivity index (χ1) is 20.1. The van der Waals surface area contributed by atoms with E-state index < -0.39 is 11.7 Å². The molecule has 0 N–H and O–H groups in total. The van der Waals surface area contributed by atoms with Gasteiger partial charge < -0.3 is 14.4 Å². The summed E-state index contributed by atoms with van der Waals surface area (Å²) in [5, 5.41) is 0. The van der Waals surface area contributed by atoms with Crippen molar-refractivity contribution in [3.05, 3.63) is 64.7 Å². The van der Waals surface area contributed by atoms with Crippen molar-refractivity contribution in [3.63, 3.8) is 0 Å². The SMILES string of the molecule is CC(=O)OC1CC1CN1CC[C@]23c4c5cccc4O[C@H]2[C@H](N(C)C(=O)C#Cc2ccc(C(F)(F)F)cc2)CC[C@H]3[C@H]1C5. The Labute approximate surface area is 243 Å². The van der Waals surface area contributed by atoms with Gasteiger partial charge in [-0.2, -0.15) is 13.2 Å². The fourth-order valence-corrected chi connectivity index (χ4v) is 8.37. The zero-order valence-electron chi connectivity index (χ0n) is 23.6. The molecule has 1 amide bonds. The van der Waals surface area contributed by atoms with Crippen LogP contribution in [0.3, 0.4) is 0 Å². The summed E-state index contributed by atoms with van der Waals surface area (Å²) in [4.78, 5) is 29.0. The third-order valence-electron chi connectivity index (χ3n) is 10.3. The van der Waals surface area contributed by atoms with Crippen LogP contribution in [0.1, 0.15) is 54.9 Å². The van der Waals surface area contributed by atoms with E-state index in [2.05, 4.69) is 28.9 Å². The standard InChI is InChI=1S/C33H33F3N2O4/c1-19(39)41-28-17-22(28)18-38-15-14-32-24-11-12-25(31(32)42-27-5-3-4-21(30(27)32)16-26(24)38)37(2)29(40)13-8-20-6-9-23(10-7-20)33(34,35)36/h3-7,9-10,22,24-26,28,31H,11-12,14-18H2,1-2H3/t22?,24-,25+,26+,28?,31-,32-/m0/s1. The maximum atomic E-state index is 13.3. The topological polar surface area (TPSA) is 59.1 Å². The molecule has 2 aromatic rings. The molecule has 5 aliphatic rings. The lowest BCUT2D eigenvalue weighted by atomic mass is 9.51. The van der Waals surface area contributed by atoms with Gasteiger partial charge in [0, 0.05) is 54.9 Å². The third kappa shape index (κ3) is 4.38. The Kier molecular flexibility index (Phi) is 6.36. The van der Waals surface area contributed by atoms with Gasteiger partial charge in [-0.05, 0) is 80.5 Å². The Hall–Kier alpha value is -3.51. The van der Waals surface area contributed by atoms with Crippen molar-refractivity contribution < 1.29 is 32.2 Å². The van der Waals surface area contributed by atoms with E-state index >= 15 is 0 Å². The highest BCUT2D eigenvalue weighted by Gasteiger charge is 2.66. The number of piperidine rings is 1. The summed E-state index contributed by atoms with van der Waals surface area (Å²) in [7, 11) is 1.76. The summed E-state index contributed by atoms with van der Waals surface area (Å²) in [5.74, 6) is 6.52. The van der Waals surface area contributed by atoms with Crippen LogP contribution in [-0.4, -0.2) is 66.1 Å². The lowest BCUT2D eigenvalue weighted by Crippen LogP contribution is -2.69. The second-order valence-corrected chi connectivity index (χ2v) is 12.5. The van der Waals surface area contributed by atoms with Gasteiger partial charge in [-0.15, -0.1) is 0 Å². The smallest absolute Gasteiger partial charge is 0.416 e. The first-order valence-electron chi connectivity index (χ1n) is 14.7. The highest BCUT2D eigenvalue weighted by Crippen LogP contribution is 2.62. The minimum absolute atomic E-state index is 0.0301. The normalized spacial score (nSPS) is 32.1. The molecule has 7 atom stereocenters. The molecule has 1 saturated heterocycles. The number of esters is 1. The van der Waals surface area contributed by atoms with E-state index in [1.165, 1.54) is 30.2 Å². The Morgan fingerprint density at radius 1 is 1.17 bits per heavy atom. The number of amides is 1. The average Bonchev–Trinajstić information content (AvgIpc) is 3.58. The fraction of sp³-hybridized carbons (Fsp3) is 0.515. The number of carbonyl (C=O) groups excluding carboxylic acids is 2. The molecule has 2 aliphatic heterocycles. The van der Waals surface area contributed by atoms with E-state index in [-0.39, 0.29) is 35.5 Å². The Balaban J connectivity index is 1.12. The van der Waals surface area contributed by atoms with E-state index in [9.17, 15) is 22.8 Å². The second-order valence-electron chi connectivity index (χ2n) is 12.5. The van der Waals surface area contributed by atoms with Crippen LogP contribution in [0.4, 0.5) is 13.2 Å². The van der Waals surface area contributed by atoms with Crippen molar-refractivity contribution in [2.45, 2.75) is 74.9 Å². The van der Waals surface area contributed by atoms with E-state index in [4.69, 9.17) is 9.47 Å². The number of alkyl halides is 3. The molecule has 0 aromatic heterocycles. The molecule has 0 radical (unpaired) electrons. The van der Waals surface area contributed by atoms with Crippen LogP contribution in [0.5, 0.6) is 5.75 Å². The summed E-state index contributed by atoms with van der Waals surface area (Å²) < 4.78 is 50.9. The molecule has 9 heteroatoms. The number of halogens is 3. The van der Waals surface area contributed by atoms with Crippen LogP contribution >= 0.6 is 0 Å². The molecule has 2 saturated carbocycles. The van der Waals surface area contributed by atoms with Crippen molar-refractivity contribution in [2.24, 2.45) is 11.8 Å². The number of rotatable bonds is 4. The maximum absolute atomic E-state index is 13.3. The molecule has 7 rings (SSSR count). The van der Waals surface area contributed by atoms with Gasteiger partial charge in [-0.25, -0.2) is 0 Å². The number of hydrogen-bond acceptors (Lipinski definition) is 5. The van der Waals surface area contributed by atoms with Gasteiger partial charge >= 0.3 is 12.1 Å². The van der Waals surface area contributed by atoms with Gasteiger partial charge in [0.15, 0.2) is 0 Å². The zero-order valence-corrected chi connectivity index (χ0v) is 23.6. The van der Waals surface area contributed by atoms with Crippen molar-refractivity contribution in [1.29, 1.82) is 0 Å². The minimum atomic E-state index is -4.42. The minimum Gasteiger partial charge on any atom is -0.487 e. The largest absolute Gasteiger partial charge is 0.487 e. The van der Waals surface area contributed by atoms with Crippen molar-refractivity contribution in [1.82, 2.24) is 9.80 Å². The molecule has 2 heterocycles. The number of hydrogen-bond donors (Lipinski definition) is 0. The summed E-state index contributed by atoms with van der Waals surface area (Å²) in [6, 6.07) is 11.0. The number of ether oxygens (including phenoxy) is 2. The third-order valence-corrected chi connectivity index (χ3v) is 10.3. The predicted molar refractivity (Wildman–Crippen MR) is 147 cm³/mol.